The van der Waals surface area contributed by atoms with E-state index in [-0.39, 0.29) is 0 Å². The Morgan fingerprint density at radius 2 is 2.17 bits per heavy atom. The van der Waals surface area contributed by atoms with Gasteiger partial charge in [0.1, 0.15) is 5.82 Å². The quantitative estimate of drug-likeness (QED) is 0.750. The summed E-state index contributed by atoms with van der Waals surface area (Å²) in [6.45, 7) is 0.689. The second kappa shape index (κ2) is 4.28. The van der Waals surface area contributed by atoms with E-state index in [1.807, 2.05) is 26.2 Å². The fraction of sp³-hybridized carbons (Fsp3) is 0.375. The summed E-state index contributed by atoms with van der Waals surface area (Å²) in [4.78, 5) is 4.27. The average molecular weight is 186 g/mol. The summed E-state index contributed by atoms with van der Waals surface area (Å²) in [5.41, 5.74) is 0.867. The Balaban J connectivity index is 2.91. The number of hydrogen-bond donors (Lipinski definition) is 2. The minimum atomic E-state index is 0.689. The molecule has 0 saturated heterocycles. The van der Waals surface area contributed by atoms with Crippen LogP contribution in [-0.2, 0) is 6.54 Å². The van der Waals surface area contributed by atoms with Crippen LogP contribution in [0.1, 0.15) is 5.69 Å². The van der Waals surface area contributed by atoms with E-state index in [0.717, 1.165) is 11.5 Å². The Morgan fingerprint density at radius 1 is 1.42 bits per heavy atom. The molecule has 0 aliphatic heterocycles. The van der Waals surface area contributed by atoms with Gasteiger partial charge >= 0.3 is 0 Å². The molecule has 0 spiro atoms. The first kappa shape index (κ1) is 9.29. The molecule has 0 unspecified atom stereocenters. The molecule has 3 nitrogen and oxygen atoms in total. The van der Waals surface area contributed by atoms with Gasteiger partial charge < -0.3 is 10.6 Å². The van der Waals surface area contributed by atoms with Crippen molar-refractivity contribution in [3.8, 4) is 0 Å². The fourth-order valence-corrected chi connectivity index (χ4v) is 1.09. The van der Waals surface area contributed by atoms with E-state index in [0.29, 0.717) is 11.6 Å². The first-order chi connectivity index (χ1) is 5.77. The lowest BCUT2D eigenvalue weighted by atomic mass is 10.3. The van der Waals surface area contributed by atoms with Crippen LogP contribution >= 0.6 is 11.6 Å². The van der Waals surface area contributed by atoms with Gasteiger partial charge in [-0.3, -0.25) is 0 Å². The molecule has 0 saturated carbocycles. The molecule has 0 fully saturated rings. The molecule has 1 rings (SSSR count). The fourth-order valence-electron chi connectivity index (χ4n) is 0.915. The second-order valence-electron chi connectivity index (χ2n) is 2.41. The minimum Gasteiger partial charge on any atom is -0.373 e. The highest BCUT2D eigenvalue weighted by molar-refractivity contribution is 6.31. The molecule has 0 aromatic carbocycles. The zero-order valence-corrected chi connectivity index (χ0v) is 7.94. The molecule has 0 radical (unpaired) electrons. The first-order valence-corrected chi connectivity index (χ1v) is 4.13. The van der Waals surface area contributed by atoms with E-state index < -0.39 is 0 Å². The van der Waals surface area contributed by atoms with E-state index in [4.69, 9.17) is 11.6 Å². The van der Waals surface area contributed by atoms with Gasteiger partial charge in [0.25, 0.3) is 0 Å². The molecule has 0 bridgehead atoms. The van der Waals surface area contributed by atoms with Crippen LogP contribution in [0, 0.1) is 0 Å². The highest BCUT2D eigenvalue weighted by Gasteiger charge is 2.00. The Morgan fingerprint density at radius 3 is 2.75 bits per heavy atom. The molecule has 0 aliphatic carbocycles. The third-order valence-electron chi connectivity index (χ3n) is 1.52. The average Bonchev–Trinajstić information content (AvgIpc) is 2.09. The zero-order valence-electron chi connectivity index (χ0n) is 7.19. The predicted molar refractivity (Wildman–Crippen MR) is 51.6 cm³/mol. The van der Waals surface area contributed by atoms with Crippen molar-refractivity contribution in [3.05, 3.63) is 22.8 Å². The summed E-state index contributed by atoms with van der Waals surface area (Å²) >= 11 is 5.90. The highest BCUT2D eigenvalue weighted by Crippen LogP contribution is 2.15. The van der Waals surface area contributed by atoms with Crippen LogP contribution in [0.2, 0.25) is 5.02 Å². The second-order valence-corrected chi connectivity index (χ2v) is 2.81. The first-order valence-electron chi connectivity index (χ1n) is 3.75. The molecular formula is C8H12ClN3. The number of rotatable bonds is 3. The summed E-state index contributed by atoms with van der Waals surface area (Å²) in [6, 6.07) is 3.69. The number of aromatic nitrogens is 1. The summed E-state index contributed by atoms with van der Waals surface area (Å²) in [5.74, 6) is 0.838. The van der Waals surface area contributed by atoms with Crippen molar-refractivity contribution < 1.29 is 0 Å². The van der Waals surface area contributed by atoms with Gasteiger partial charge in [-0.15, -0.1) is 0 Å². The Labute approximate surface area is 77.1 Å². The van der Waals surface area contributed by atoms with Crippen LogP contribution < -0.4 is 10.6 Å². The van der Waals surface area contributed by atoms with Gasteiger partial charge in [0, 0.05) is 13.6 Å². The number of nitrogens with zero attached hydrogens (tertiary/aromatic N) is 1. The maximum atomic E-state index is 5.90. The standard InChI is InChI=1S/C8H12ClN3/c1-10-5-7-6(9)3-4-8(11-2)12-7/h3-4,10H,5H2,1-2H3,(H,11,12). The third-order valence-corrected chi connectivity index (χ3v) is 1.86. The van der Waals surface area contributed by atoms with Gasteiger partial charge in [0.15, 0.2) is 0 Å². The minimum absolute atomic E-state index is 0.689. The number of hydrogen-bond acceptors (Lipinski definition) is 3. The van der Waals surface area contributed by atoms with Gasteiger partial charge in [-0.2, -0.15) is 0 Å². The van der Waals surface area contributed by atoms with E-state index in [1.165, 1.54) is 0 Å². The molecule has 4 heteroatoms. The maximum absolute atomic E-state index is 5.90. The van der Waals surface area contributed by atoms with Crippen molar-refractivity contribution in [3.63, 3.8) is 0 Å². The monoisotopic (exact) mass is 185 g/mol. The van der Waals surface area contributed by atoms with Crippen LogP contribution in [0.3, 0.4) is 0 Å². The molecule has 0 atom stereocenters. The van der Waals surface area contributed by atoms with Gasteiger partial charge in [-0.1, -0.05) is 11.6 Å². The van der Waals surface area contributed by atoms with E-state index >= 15 is 0 Å². The third kappa shape index (κ3) is 2.09. The van der Waals surface area contributed by atoms with Crippen LogP contribution in [0.15, 0.2) is 12.1 Å². The van der Waals surface area contributed by atoms with Crippen molar-refractivity contribution in [1.29, 1.82) is 0 Å². The van der Waals surface area contributed by atoms with Crippen molar-refractivity contribution in [1.82, 2.24) is 10.3 Å². The van der Waals surface area contributed by atoms with Gasteiger partial charge in [0.05, 0.1) is 10.7 Å². The smallest absolute Gasteiger partial charge is 0.126 e. The van der Waals surface area contributed by atoms with Crippen LogP contribution in [0.4, 0.5) is 5.82 Å². The normalized spacial score (nSPS) is 9.92. The van der Waals surface area contributed by atoms with Crippen LogP contribution in [-0.4, -0.2) is 19.1 Å². The topological polar surface area (TPSA) is 37.0 Å². The lowest BCUT2D eigenvalue weighted by molar-refractivity contribution is 0.792. The maximum Gasteiger partial charge on any atom is 0.126 e. The largest absolute Gasteiger partial charge is 0.373 e. The Kier molecular flexibility index (Phi) is 3.31. The Bertz CT molecular complexity index is 262. The van der Waals surface area contributed by atoms with Crippen molar-refractivity contribution >= 4 is 17.4 Å². The van der Waals surface area contributed by atoms with Crippen molar-refractivity contribution in [2.45, 2.75) is 6.54 Å². The molecular weight excluding hydrogens is 174 g/mol. The number of pyridine rings is 1. The van der Waals surface area contributed by atoms with Crippen LogP contribution in [0.5, 0.6) is 0 Å². The summed E-state index contributed by atoms with van der Waals surface area (Å²) in [6.07, 6.45) is 0. The molecule has 2 N–H and O–H groups in total. The van der Waals surface area contributed by atoms with Gasteiger partial charge in [-0.05, 0) is 19.2 Å². The predicted octanol–water partition coefficient (Wildman–Crippen LogP) is 1.50. The van der Waals surface area contributed by atoms with E-state index in [9.17, 15) is 0 Å². The van der Waals surface area contributed by atoms with E-state index in [2.05, 4.69) is 15.6 Å². The molecule has 1 aromatic heterocycles. The number of anilines is 1. The SMILES string of the molecule is CNCc1nc(NC)ccc1Cl. The molecule has 66 valence electrons. The van der Waals surface area contributed by atoms with Crippen LogP contribution in [0.25, 0.3) is 0 Å². The lowest BCUT2D eigenvalue weighted by Gasteiger charge is -2.04. The highest BCUT2D eigenvalue weighted by atomic mass is 35.5. The molecule has 0 aliphatic rings. The van der Waals surface area contributed by atoms with Crippen molar-refractivity contribution in [2.24, 2.45) is 0 Å². The summed E-state index contributed by atoms with van der Waals surface area (Å²) < 4.78 is 0. The molecule has 0 amide bonds. The summed E-state index contributed by atoms with van der Waals surface area (Å²) in [5, 5.41) is 6.65. The zero-order chi connectivity index (χ0) is 8.97. The number of halogens is 1. The molecule has 1 aromatic rings. The summed E-state index contributed by atoms with van der Waals surface area (Å²) in [7, 11) is 3.70. The molecule has 12 heavy (non-hydrogen) atoms. The van der Waals surface area contributed by atoms with Gasteiger partial charge in [-0.25, -0.2) is 4.98 Å². The molecule has 1 heterocycles. The van der Waals surface area contributed by atoms with Gasteiger partial charge in [0.2, 0.25) is 0 Å². The lowest BCUT2D eigenvalue weighted by Crippen LogP contribution is -2.08. The Hall–Kier alpha value is -0.800. The van der Waals surface area contributed by atoms with Crippen molar-refractivity contribution in [2.75, 3.05) is 19.4 Å². The number of nitrogens with one attached hydrogen (secondary N) is 2. The van der Waals surface area contributed by atoms with E-state index in [1.54, 1.807) is 0 Å².